The first-order chi connectivity index (χ1) is 63.7. The van der Waals surface area contributed by atoms with Gasteiger partial charge in [-0.3, -0.25) is 50.7 Å². The van der Waals surface area contributed by atoms with Gasteiger partial charge in [-0.2, -0.15) is 20.4 Å². The van der Waals surface area contributed by atoms with Crippen molar-refractivity contribution in [2.45, 2.75) is 146 Å². The van der Waals surface area contributed by atoms with E-state index in [1.54, 1.807) is 105 Å². The molecule has 0 saturated carbocycles. The number of hydrogen-bond donors (Lipinski definition) is 5. The van der Waals surface area contributed by atoms with Crippen LogP contribution in [-0.2, 0) is 96.0 Å². The van der Waals surface area contributed by atoms with Gasteiger partial charge in [0.2, 0.25) is 23.8 Å². The van der Waals surface area contributed by atoms with Gasteiger partial charge in [-0.15, -0.1) is 0 Å². The van der Waals surface area contributed by atoms with E-state index in [0.717, 1.165) is 107 Å². The van der Waals surface area contributed by atoms with Crippen LogP contribution < -0.4 is 45.8 Å². The van der Waals surface area contributed by atoms with Crippen molar-refractivity contribution in [1.29, 1.82) is 0 Å². The topological polar surface area (TPSA) is 367 Å². The number of nitrogens with zero attached hydrogens (tertiary/aromatic N) is 20. The predicted molar refractivity (Wildman–Crippen MR) is 492 cm³/mol. The Morgan fingerprint density at radius 1 is 0.421 bits per heavy atom. The van der Waals surface area contributed by atoms with E-state index in [1.807, 2.05) is 84.8 Å². The van der Waals surface area contributed by atoms with Crippen molar-refractivity contribution in [3.05, 3.63) is 240 Å². The van der Waals surface area contributed by atoms with Crippen LogP contribution in [0.1, 0.15) is 153 Å². The van der Waals surface area contributed by atoms with Crippen LogP contribution in [0.15, 0.2) is 127 Å². The first-order valence-electron chi connectivity index (χ1n) is 43.0. The lowest BCUT2D eigenvalue weighted by molar-refractivity contribution is 0.00578. The standard InChI is InChI=1S/2C22H21FN6O2.C21H21FN6O2.C17H14BrFN4O2.C11H19BN2O2/c2*1-12-8-19(28(3)27-12)16-10-25-22(29-11-18(13(2)30)26-21(16)29)24-9-15-14-6-7-31-20(14)5-4-17(15)23;1-12-7-18(27(2)26-12)16-9-24-21(28-10-13(11-29)25-20(16)28)23-8-15-14-5-6-30-19(14)4-3-17(15)22;1-9(24)14-8-23-16(22-14)12(18)7-21-17(23)20-6-11-10-4-5-25-15(10)3-2-13(11)19;1-8-7-9(14(6)13-8)12-15-10(2,3)11(4,5)16-12/h2*4-5,8,10-11H,6-7,9H2,1-3H3,(H,24,25);3-4,7,9-10,29H,5-6,8,11H2,1-2H3,(H,23,24);2-3,7-8H,4-6H2,1H3,(H,20,21);7H,1-6H3. The highest BCUT2D eigenvalue weighted by atomic mass is 79.9. The fraction of sp³-hybridized carbons (Fsp3) is 0.323. The Labute approximate surface area is 768 Å². The number of aromatic nitrogens is 20. The molecule has 0 radical (unpaired) electrons. The maximum atomic E-state index is 14.5. The Morgan fingerprint density at radius 3 is 1.02 bits per heavy atom. The number of aliphatic hydroxyl groups is 1. The molecule has 0 spiro atoms. The molecular weight excluding hydrogens is 1780 g/mol. The molecule has 5 N–H and O–H groups in total. The number of halogens is 5. The molecule has 5 aliphatic heterocycles. The van der Waals surface area contributed by atoms with Gasteiger partial charge < -0.3 is 54.6 Å². The zero-order chi connectivity index (χ0) is 93.9. The number of carbonyl (C=O) groups excluding carboxylic acids is 3. The van der Waals surface area contributed by atoms with Crippen molar-refractivity contribution in [2.75, 3.05) is 47.7 Å². The lowest BCUT2D eigenvalue weighted by Gasteiger charge is -2.32. The minimum Gasteiger partial charge on any atom is -0.493 e. The molecule has 5 aliphatic rings. The number of aryl methyl sites for hydroxylation is 8. The van der Waals surface area contributed by atoms with Gasteiger partial charge in [0, 0.05) is 195 Å². The summed E-state index contributed by atoms with van der Waals surface area (Å²) < 4.78 is 107. The number of ketones is 3. The van der Waals surface area contributed by atoms with Gasteiger partial charge >= 0.3 is 7.12 Å². The van der Waals surface area contributed by atoms with Crippen LogP contribution in [0.3, 0.4) is 0 Å². The summed E-state index contributed by atoms with van der Waals surface area (Å²) in [6, 6.07) is 20.2. The normalized spacial score (nSPS) is 14.0. The Hall–Kier alpha value is -14.2. The van der Waals surface area contributed by atoms with Gasteiger partial charge in [-0.05, 0) is 144 Å². The summed E-state index contributed by atoms with van der Waals surface area (Å²) >= 11 is 3.38. The van der Waals surface area contributed by atoms with Crippen LogP contribution >= 0.6 is 15.9 Å². The van der Waals surface area contributed by atoms with Crippen molar-refractivity contribution >= 4 is 92.4 Å². The molecule has 0 aliphatic carbocycles. The Bertz CT molecular complexity index is 7050. The van der Waals surface area contributed by atoms with E-state index >= 15 is 0 Å². The second-order valence-electron chi connectivity index (χ2n) is 33.8. The van der Waals surface area contributed by atoms with Gasteiger partial charge in [0.25, 0.3) is 0 Å². The third kappa shape index (κ3) is 18.2. The number of fused-ring (bicyclic) bond motifs is 8. The second kappa shape index (κ2) is 36.8. The summed E-state index contributed by atoms with van der Waals surface area (Å²) in [4.78, 5) is 71.5. The number of benzene rings is 4. The highest BCUT2D eigenvalue weighted by molar-refractivity contribution is 9.10. The molecule has 12 aromatic heterocycles. The Kier molecular flexibility index (Phi) is 25.1. The Morgan fingerprint density at radius 2 is 0.714 bits per heavy atom. The molecular formula is C93H96BBrF4N24O10. The van der Waals surface area contributed by atoms with Gasteiger partial charge in [0.05, 0.1) is 117 Å². The first-order valence-corrected chi connectivity index (χ1v) is 43.8. The van der Waals surface area contributed by atoms with Gasteiger partial charge in [0.1, 0.15) is 63.3 Å². The molecule has 16 aromatic rings. The highest BCUT2D eigenvalue weighted by Gasteiger charge is 2.53. The molecule has 40 heteroatoms. The SMILES string of the molecule is CC(=O)c1cn2c(NCc3c(F)ccc4c3CCO4)ncc(-c3cc(C)nn3C)c2n1.CC(=O)c1cn2c(NCc3c(F)ccc4c3CCO4)ncc(-c3cc(C)nn3C)c2n1.CC(=O)c1cn2c(NCc3c(F)ccc4c3CCO4)ncc(Br)c2n1.Cc1cc(-c2cnc(NCc3c(F)ccc4c3CCO4)n3cc(CO)nc23)n(C)n1.Cc1cc(B2OC(C)(C)C(C)(C)O2)n(C)n1. The quantitative estimate of drug-likeness (QED) is 0.0269. The lowest BCUT2D eigenvalue weighted by atomic mass is 9.84. The molecule has 17 heterocycles. The number of Topliss-reactive ketones (excluding diaryl/α,β-unsaturated/α-hetero) is 3. The minimum atomic E-state index is -0.323. The highest BCUT2D eigenvalue weighted by Crippen LogP contribution is 2.40. The van der Waals surface area contributed by atoms with Crippen LogP contribution in [0.25, 0.3) is 56.4 Å². The monoisotopic (exact) mass is 1870 g/mol. The van der Waals surface area contributed by atoms with Crippen LogP contribution in [0.4, 0.5) is 41.4 Å². The number of carbonyl (C=O) groups is 3. The summed E-state index contributed by atoms with van der Waals surface area (Å²) in [5.74, 6) is 3.28. The number of rotatable bonds is 20. The summed E-state index contributed by atoms with van der Waals surface area (Å²) in [5.41, 5.74) is 18.5. The summed E-state index contributed by atoms with van der Waals surface area (Å²) in [6.45, 7) is 23.3. The van der Waals surface area contributed by atoms with Crippen LogP contribution in [0.2, 0.25) is 0 Å². The Balaban J connectivity index is 0.000000118. The number of imidazole rings is 4. The molecule has 1 fully saturated rings. The molecule has 34 nitrogen and oxygen atoms in total. The van der Waals surface area contributed by atoms with E-state index in [0.29, 0.717) is 148 Å². The molecule has 686 valence electrons. The summed E-state index contributed by atoms with van der Waals surface area (Å²) in [6.07, 6.45) is 16.1. The maximum absolute atomic E-state index is 14.5. The van der Waals surface area contributed by atoms with Crippen molar-refractivity contribution < 1.29 is 65.3 Å². The van der Waals surface area contributed by atoms with Crippen molar-refractivity contribution in [1.82, 2.24) is 96.6 Å². The smallest absolute Gasteiger partial charge is 0.493 e. The summed E-state index contributed by atoms with van der Waals surface area (Å²) in [7, 11) is 7.15. The number of anilines is 4. The molecule has 0 amide bonds. The average molecular weight is 1880 g/mol. The fourth-order valence-corrected chi connectivity index (χ4v) is 17.1. The minimum absolute atomic E-state index is 0.134. The lowest BCUT2D eigenvalue weighted by Crippen LogP contribution is -2.41. The molecule has 0 unspecified atom stereocenters. The van der Waals surface area contributed by atoms with Crippen LogP contribution in [0, 0.1) is 51.0 Å². The largest absolute Gasteiger partial charge is 0.514 e. The average Bonchev–Trinajstić information content (AvgIpc) is 1.62. The van der Waals surface area contributed by atoms with Crippen molar-refractivity contribution in [2.24, 2.45) is 28.2 Å². The fourth-order valence-electron chi connectivity index (χ4n) is 16.7. The molecule has 4 aromatic carbocycles. The van der Waals surface area contributed by atoms with Crippen LogP contribution in [0.5, 0.6) is 23.0 Å². The second-order valence-corrected chi connectivity index (χ2v) is 34.6. The maximum Gasteiger partial charge on any atom is 0.514 e. The molecule has 133 heavy (non-hydrogen) atoms. The van der Waals surface area contributed by atoms with Crippen LogP contribution in [-0.4, -0.2) is 164 Å². The van der Waals surface area contributed by atoms with E-state index in [2.05, 4.69) is 125 Å². The number of aliphatic hydroxyl groups excluding tert-OH is 1. The predicted octanol–water partition coefficient (Wildman–Crippen LogP) is 13.7. The zero-order valence-electron chi connectivity index (χ0n) is 75.8. The number of hydrogen-bond acceptors (Lipinski definition) is 26. The molecule has 1 saturated heterocycles. The number of ether oxygens (including phenoxy) is 4. The van der Waals surface area contributed by atoms with Crippen molar-refractivity contribution in [3.63, 3.8) is 0 Å². The van der Waals surface area contributed by atoms with E-state index in [-0.39, 0.29) is 91.7 Å². The van der Waals surface area contributed by atoms with E-state index in [1.165, 1.54) is 45.0 Å². The molecule has 21 rings (SSSR count). The van der Waals surface area contributed by atoms with Gasteiger partial charge in [-0.1, -0.05) is 0 Å². The summed E-state index contributed by atoms with van der Waals surface area (Å²) in [5, 5.41) is 39.9. The number of nitrogens with one attached hydrogen (secondary N) is 4. The third-order valence-electron chi connectivity index (χ3n) is 24.0. The van der Waals surface area contributed by atoms with Gasteiger partial charge in [0.15, 0.2) is 39.9 Å². The van der Waals surface area contributed by atoms with E-state index in [4.69, 9.17) is 28.3 Å². The van der Waals surface area contributed by atoms with Crippen molar-refractivity contribution in [3.8, 4) is 56.8 Å². The molecule has 0 bridgehead atoms. The third-order valence-corrected chi connectivity index (χ3v) is 24.6. The first kappa shape index (κ1) is 90.7. The molecule has 0 atom stereocenters. The van der Waals surface area contributed by atoms with Gasteiger partial charge in [-0.25, -0.2) is 57.4 Å². The van der Waals surface area contributed by atoms with E-state index < -0.39 is 0 Å². The van der Waals surface area contributed by atoms with E-state index in [9.17, 15) is 37.1 Å². The zero-order valence-corrected chi connectivity index (χ0v) is 77.4.